The van der Waals surface area contributed by atoms with E-state index in [0.717, 1.165) is 55.7 Å². The van der Waals surface area contributed by atoms with Crippen molar-refractivity contribution >= 4 is 60.6 Å². The number of sulfonamides is 2. The monoisotopic (exact) mass is 759 g/mol. The first-order valence-corrected chi connectivity index (χ1v) is 20.0. The van der Waals surface area contributed by atoms with Gasteiger partial charge in [-0.25, -0.2) is 21.6 Å². The molecule has 0 fully saturated rings. The second kappa shape index (κ2) is 18.2. The van der Waals surface area contributed by atoms with Crippen LogP contribution in [0.4, 0.5) is 22.7 Å². The Labute approximate surface area is 309 Å². The van der Waals surface area contributed by atoms with Crippen molar-refractivity contribution in [3.63, 3.8) is 0 Å². The third kappa shape index (κ3) is 11.4. The Balaban J connectivity index is 1.33. The molecule has 0 saturated carbocycles. The number of nitrogens with one attached hydrogen (secondary N) is 4. The molecule has 0 heterocycles. The van der Waals surface area contributed by atoms with Crippen LogP contribution in [0.1, 0.15) is 79.4 Å². The van der Waals surface area contributed by atoms with Crippen molar-refractivity contribution in [1.82, 2.24) is 0 Å². The maximum atomic E-state index is 13.0. The van der Waals surface area contributed by atoms with Crippen LogP contribution in [-0.2, 0) is 42.5 Å². The number of aryl methyl sites for hydroxylation is 2. The van der Waals surface area contributed by atoms with Gasteiger partial charge in [-0.2, -0.15) is 5.26 Å². The molecule has 0 spiro atoms. The maximum absolute atomic E-state index is 13.0. The van der Waals surface area contributed by atoms with E-state index in [1.807, 2.05) is 6.07 Å². The zero-order valence-electron chi connectivity index (χ0n) is 29.3. The summed E-state index contributed by atoms with van der Waals surface area (Å²) in [6.07, 6.45) is 5.04. The molecule has 0 radical (unpaired) electrons. The van der Waals surface area contributed by atoms with E-state index >= 15 is 0 Å². The van der Waals surface area contributed by atoms with Gasteiger partial charge in [0.15, 0.2) is 0 Å². The first-order valence-electron chi connectivity index (χ1n) is 17.0. The highest BCUT2D eigenvalue weighted by Crippen LogP contribution is 2.26. The van der Waals surface area contributed by atoms with Crippen molar-refractivity contribution in [3.05, 3.63) is 107 Å². The fraction of sp³-hybridized carbons (Fsp3) is 0.263. The number of carbonyl (C=O) groups excluding carboxylic acids is 2. The largest absolute Gasteiger partial charge is 0.478 e. The average molecular weight is 760 g/mol. The summed E-state index contributed by atoms with van der Waals surface area (Å²) in [6, 6.07) is 22.5. The molecular formula is C38H41N5O8S2. The average Bonchev–Trinajstić information content (AvgIpc) is 3.13. The van der Waals surface area contributed by atoms with E-state index in [1.165, 1.54) is 54.6 Å². The molecule has 0 aliphatic rings. The molecule has 4 rings (SSSR count). The zero-order valence-corrected chi connectivity index (χ0v) is 30.9. The maximum Gasteiger partial charge on any atom is 0.337 e. The number of hydrogen-bond acceptors (Lipinski definition) is 8. The number of nitrogens with zero attached hydrogens (tertiary/aromatic N) is 1. The summed E-state index contributed by atoms with van der Waals surface area (Å²) in [4.78, 5) is 37.3. The summed E-state index contributed by atoms with van der Waals surface area (Å²) in [5.41, 5.74) is 1.66. The van der Waals surface area contributed by atoms with Gasteiger partial charge in [0, 0.05) is 24.2 Å². The zero-order chi connectivity index (χ0) is 38.6. The molecular weight excluding hydrogens is 719 g/mol. The molecule has 0 aromatic heterocycles. The summed E-state index contributed by atoms with van der Waals surface area (Å²) < 4.78 is 56.6. The Morgan fingerprint density at radius 3 is 1.51 bits per heavy atom. The van der Waals surface area contributed by atoms with Crippen molar-refractivity contribution in [2.45, 2.75) is 75.0 Å². The number of aromatic carboxylic acids is 1. The van der Waals surface area contributed by atoms with Gasteiger partial charge >= 0.3 is 5.97 Å². The van der Waals surface area contributed by atoms with Gasteiger partial charge in [0.2, 0.25) is 11.8 Å². The van der Waals surface area contributed by atoms with Gasteiger partial charge in [0.05, 0.1) is 32.3 Å². The van der Waals surface area contributed by atoms with Gasteiger partial charge in [-0.3, -0.25) is 19.0 Å². The van der Waals surface area contributed by atoms with Crippen LogP contribution in [0.3, 0.4) is 0 Å². The van der Waals surface area contributed by atoms with Crippen LogP contribution in [0.15, 0.2) is 94.7 Å². The molecule has 4 aromatic rings. The topological polar surface area (TPSA) is 212 Å². The summed E-state index contributed by atoms with van der Waals surface area (Å²) >= 11 is 0. The highest BCUT2D eigenvalue weighted by atomic mass is 32.2. The molecule has 15 heteroatoms. The van der Waals surface area contributed by atoms with Crippen molar-refractivity contribution in [1.29, 1.82) is 5.26 Å². The number of hydrogen-bond donors (Lipinski definition) is 5. The van der Waals surface area contributed by atoms with E-state index in [2.05, 4.69) is 33.9 Å². The van der Waals surface area contributed by atoms with Crippen molar-refractivity contribution in [3.8, 4) is 6.07 Å². The number of rotatable bonds is 18. The van der Waals surface area contributed by atoms with Crippen LogP contribution >= 0.6 is 0 Å². The summed E-state index contributed by atoms with van der Waals surface area (Å²) in [5.74, 6) is -2.62. The van der Waals surface area contributed by atoms with Crippen LogP contribution in [-0.4, -0.2) is 39.7 Å². The smallest absolute Gasteiger partial charge is 0.337 e. The second-order valence-electron chi connectivity index (χ2n) is 12.2. The quantitative estimate of drug-likeness (QED) is 0.0713. The predicted molar refractivity (Wildman–Crippen MR) is 203 cm³/mol. The fourth-order valence-corrected chi connectivity index (χ4v) is 7.36. The SMILES string of the molecule is CCCCc1ccc(S(=O)(=O)Nc2ccc(NC(=O)CCC(=O)Nc3ccc(NS(=O)(=O)c4ccc(CCCC)cc4)c(C(=O)O)c3)cc2C#N)cc1. The molecule has 0 unspecified atom stereocenters. The molecule has 0 aliphatic carbocycles. The van der Waals surface area contributed by atoms with Crippen molar-refractivity contribution in [2.24, 2.45) is 0 Å². The van der Waals surface area contributed by atoms with E-state index in [-0.39, 0.29) is 50.9 Å². The Kier molecular flexibility index (Phi) is 13.7. The highest BCUT2D eigenvalue weighted by molar-refractivity contribution is 7.93. The minimum atomic E-state index is -4.11. The van der Waals surface area contributed by atoms with Crippen LogP contribution in [0.2, 0.25) is 0 Å². The molecule has 0 bridgehead atoms. The van der Waals surface area contributed by atoms with E-state index in [0.29, 0.717) is 0 Å². The Bertz CT molecular complexity index is 2220. The summed E-state index contributed by atoms with van der Waals surface area (Å²) in [7, 11) is -8.10. The molecule has 13 nitrogen and oxygen atoms in total. The van der Waals surface area contributed by atoms with Crippen LogP contribution in [0, 0.1) is 11.3 Å². The number of amides is 2. The highest BCUT2D eigenvalue weighted by Gasteiger charge is 2.21. The number of carboxylic acid groups (broad SMARTS) is 1. The van der Waals surface area contributed by atoms with Crippen LogP contribution in [0.25, 0.3) is 0 Å². The first-order chi connectivity index (χ1) is 25.2. The lowest BCUT2D eigenvalue weighted by Gasteiger charge is -2.13. The molecule has 0 atom stereocenters. The standard InChI is InChI=1S/C38H41N5O8S2/c1-3-5-7-26-9-15-31(16-10-26)52(48,49)42-34-19-13-29(23-28(34)25-39)40-36(44)21-22-37(45)41-30-14-20-35(33(24-30)38(46)47)43-53(50,51)32-17-11-27(12-18-32)8-6-4-2/h9-20,23-24,42-43H,3-8,21-22H2,1-2H3,(H,40,44)(H,41,45)(H,46,47). The second-order valence-corrected chi connectivity index (χ2v) is 15.6. The number of carboxylic acids is 1. The fourth-order valence-electron chi connectivity index (χ4n) is 5.21. The van der Waals surface area contributed by atoms with Gasteiger partial charge in [0.1, 0.15) is 6.07 Å². The minimum absolute atomic E-state index is 0.0240. The third-order valence-corrected chi connectivity index (χ3v) is 10.9. The Morgan fingerprint density at radius 1 is 0.642 bits per heavy atom. The predicted octanol–water partition coefficient (Wildman–Crippen LogP) is 6.90. The molecule has 0 saturated heterocycles. The molecule has 4 aromatic carbocycles. The normalized spacial score (nSPS) is 11.3. The van der Waals surface area contributed by atoms with Crippen LogP contribution in [0.5, 0.6) is 0 Å². The first kappa shape index (κ1) is 40.1. The van der Waals surface area contributed by atoms with Crippen molar-refractivity contribution < 1.29 is 36.3 Å². The lowest BCUT2D eigenvalue weighted by atomic mass is 10.1. The number of anilines is 4. The van der Waals surface area contributed by atoms with E-state index in [1.54, 1.807) is 24.3 Å². The number of carbonyl (C=O) groups is 3. The summed E-state index contributed by atoms with van der Waals surface area (Å²) in [5, 5.41) is 24.5. The lowest BCUT2D eigenvalue weighted by Crippen LogP contribution is -2.18. The van der Waals surface area contributed by atoms with Crippen LogP contribution < -0.4 is 20.1 Å². The lowest BCUT2D eigenvalue weighted by molar-refractivity contribution is -0.121. The van der Waals surface area contributed by atoms with E-state index in [4.69, 9.17) is 0 Å². The molecule has 5 N–H and O–H groups in total. The van der Waals surface area contributed by atoms with Gasteiger partial charge < -0.3 is 15.7 Å². The number of benzene rings is 4. The summed E-state index contributed by atoms with van der Waals surface area (Å²) in [6.45, 7) is 4.13. The van der Waals surface area contributed by atoms with Gasteiger partial charge in [0.25, 0.3) is 20.0 Å². The van der Waals surface area contributed by atoms with Gasteiger partial charge in [-0.1, -0.05) is 51.0 Å². The van der Waals surface area contributed by atoms with Gasteiger partial charge in [-0.05, 0) is 97.5 Å². The molecule has 2 amide bonds. The van der Waals surface area contributed by atoms with E-state index < -0.39 is 43.4 Å². The molecule has 278 valence electrons. The van der Waals surface area contributed by atoms with Gasteiger partial charge in [-0.15, -0.1) is 0 Å². The molecule has 0 aliphatic heterocycles. The number of nitriles is 1. The van der Waals surface area contributed by atoms with Crippen molar-refractivity contribution in [2.75, 3.05) is 20.1 Å². The minimum Gasteiger partial charge on any atom is -0.478 e. The third-order valence-electron chi connectivity index (χ3n) is 8.13. The Hall–Kier alpha value is -5.72. The number of unbranched alkanes of at least 4 members (excludes halogenated alkanes) is 2. The van der Waals surface area contributed by atoms with E-state index in [9.17, 15) is 41.6 Å². The molecule has 53 heavy (non-hydrogen) atoms. The Morgan fingerprint density at radius 2 is 1.08 bits per heavy atom.